The highest BCUT2D eigenvalue weighted by Crippen LogP contribution is 2.34. The van der Waals surface area contributed by atoms with Crippen LogP contribution >= 0.6 is 0 Å². The van der Waals surface area contributed by atoms with E-state index in [0.29, 0.717) is 11.5 Å². The minimum absolute atomic E-state index is 0.417. The molecule has 3 rings (SSSR count). The summed E-state index contributed by atoms with van der Waals surface area (Å²) in [6, 6.07) is 13.9. The zero-order valence-corrected chi connectivity index (χ0v) is 18.4. The number of hydrogen-bond acceptors (Lipinski definition) is 6. The van der Waals surface area contributed by atoms with Crippen LogP contribution in [0, 0.1) is 0 Å². The van der Waals surface area contributed by atoms with Crippen LogP contribution in [0.2, 0.25) is 0 Å². The molecule has 1 N–H and O–H groups in total. The summed E-state index contributed by atoms with van der Waals surface area (Å²) in [5, 5.41) is 3.44. The molecule has 0 radical (unpaired) electrons. The highest BCUT2D eigenvalue weighted by molar-refractivity contribution is 6.01. The summed E-state index contributed by atoms with van der Waals surface area (Å²) >= 11 is 0. The lowest BCUT2D eigenvalue weighted by Crippen LogP contribution is -2.46. The lowest BCUT2D eigenvalue weighted by Gasteiger charge is -2.33. The lowest BCUT2D eigenvalue weighted by molar-refractivity contribution is -0.125. The van der Waals surface area contributed by atoms with Gasteiger partial charge < -0.3 is 19.5 Å². The van der Waals surface area contributed by atoms with Crippen molar-refractivity contribution in [2.45, 2.75) is 38.5 Å². The van der Waals surface area contributed by atoms with Crippen molar-refractivity contribution >= 4 is 17.7 Å². The second kappa shape index (κ2) is 9.12. The van der Waals surface area contributed by atoms with Gasteiger partial charge in [0.25, 0.3) is 5.91 Å². The van der Waals surface area contributed by atoms with Gasteiger partial charge in [0.1, 0.15) is 17.1 Å². The molecule has 0 saturated carbocycles. The molecule has 0 bridgehead atoms. The van der Waals surface area contributed by atoms with E-state index < -0.39 is 29.7 Å². The third-order valence-corrected chi connectivity index (χ3v) is 4.80. The molecular weight excluding hydrogens is 396 g/mol. The van der Waals surface area contributed by atoms with Crippen molar-refractivity contribution in [1.82, 2.24) is 4.90 Å². The van der Waals surface area contributed by atoms with E-state index in [4.69, 9.17) is 14.2 Å². The van der Waals surface area contributed by atoms with E-state index >= 15 is 0 Å². The van der Waals surface area contributed by atoms with Crippen LogP contribution in [0.5, 0.6) is 11.5 Å². The van der Waals surface area contributed by atoms with Crippen molar-refractivity contribution in [1.29, 1.82) is 0 Å². The summed E-state index contributed by atoms with van der Waals surface area (Å²) in [5.74, 6) is 0.944. The van der Waals surface area contributed by atoms with Crippen molar-refractivity contribution in [2.75, 3.05) is 19.5 Å². The molecule has 0 unspecified atom stereocenters. The zero-order valence-electron chi connectivity index (χ0n) is 18.4. The number of carbonyl (C=O) groups excluding carboxylic acids is 2. The number of amides is 2. The summed E-state index contributed by atoms with van der Waals surface area (Å²) in [6.07, 6.45) is 2.42. The molecule has 7 nitrogen and oxygen atoms in total. The predicted octanol–water partition coefficient (Wildman–Crippen LogP) is 4.56. The Labute approximate surface area is 182 Å². The van der Waals surface area contributed by atoms with Gasteiger partial charge in [-0.1, -0.05) is 30.3 Å². The normalized spacial score (nSPS) is 16.7. The molecule has 7 heteroatoms. The van der Waals surface area contributed by atoms with Gasteiger partial charge in [0.15, 0.2) is 0 Å². The number of benzene rings is 2. The van der Waals surface area contributed by atoms with Crippen LogP contribution in [0.25, 0.3) is 0 Å². The minimum Gasteiger partial charge on any atom is -0.497 e. The predicted molar refractivity (Wildman–Crippen MR) is 118 cm³/mol. The van der Waals surface area contributed by atoms with E-state index in [-0.39, 0.29) is 0 Å². The molecule has 164 valence electrons. The quantitative estimate of drug-likeness (QED) is 0.733. The van der Waals surface area contributed by atoms with Gasteiger partial charge in [-0.15, -0.1) is 0 Å². The largest absolute Gasteiger partial charge is 0.497 e. The van der Waals surface area contributed by atoms with Gasteiger partial charge in [-0.3, -0.25) is 4.79 Å². The average Bonchev–Trinajstić information content (AvgIpc) is 3.12. The Morgan fingerprint density at radius 1 is 1.03 bits per heavy atom. The molecule has 1 aliphatic rings. The third-order valence-electron chi connectivity index (χ3n) is 4.80. The summed E-state index contributed by atoms with van der Waals surface area (Å²) in [5.41, 5.74) is 0.878. The second-order valence-electron chi connectivity index (χ2n) is 8.13. The van der Waals surface area contributed by atoms with Gasteiger partial charge in [-0.2, -0.15) is 0 Å². The van der Waals surface area contributed by atoms with E-state index in [0.717, 1.165) is 16.2 Å². The Kier molecular flexibility index (Phi) is 6.53. The number of para-hydroxylation sites is 2. The number of rotatable bonds is 6. The SMILES string of the molecule is COc1ccc([C@H](Nc2ccccc2OC)[C@H]2C=CC(=O)N2C(=O)OC(C)(C)C)cc1. The van der Waals surface area contributed by atoms with E-state index in [2.05, 4.69) is 5.32 Å². The molecule has 1 aliphatic heterocycles. The van der Waals surface area contributed by atoms with Gasteiger partial charge in [0.2, 0.25) is 0 Å². The molecule has 0 fully saturated rings. The molecule has 2 aromatic rings. The number of carbonyl (C=O) groups is 2. The lowest BCUT2D eigenvalue weighted by atomic mass is 9.98. The van der Waals surface area contributed by atoms with Crippen LogP contribution in [-0.4, -0.2) is 42.8 Å². The molecule has 0 aromatic heterocycles. The standard InChI is InChI=1S/C24H28N2O5/c1-24(2,3)31-23(28)26-19(14-15-21(26)27)22(16-10-12-17(29-4)13-11-16)25-18-8-6-7-9-20(18)30-5/h6-15,19,22,25H,1-5H3/t19-,22+/m1/s1. The van der Waals surface area contributed by atoms with Crippen LogP contribution in [-0.2, 0) is 9.53 Å². The topological polar surface area (TPSA) is 77.1 Å². The van der Waals surface area contributed by atoms with Gasteiger partial charge in [-0.05, 0) is 50.6 Å². The van der Waals surface area contributed by atoms with Gasteiger partial charge in [-0.25, -0.2) is 9.69 Å². The van der Waals surface area contributed by atoms with Crippen molar-refractivity contribution in [3.8, 4) is 11.5 Å². The fourth-order valence-corrected chi connectivity index (χ4v) is 3.39. The number of hydrogen-bond donors (Lipinski definition) is 1. The molecule has 2 aromatic carbocycles. The van der Waals surface area contributed by atoms with Crippen LogP contribution < -0.4 is 14.8 Å². The number of nitrogens with zero attached hydrogens (tertiary/aromatic N) is 1. The fraction of sp³-hybridized carbons (Fsp3) is 0.333. The molecule has 31 heavy (non-hydrogen) atoms. The van der Waals surface area contributed by atoms with Gasteiger partial charge in [0, 0.05) is 6.08 Å². The Hall–Kier alpha value is -3.48. The highest BCUT2D eigenvalue weighted by atomic mass is 16.6. The first-order valence-corrected chi connectivity index (χ1v) is 10.0. The summed E-state index contributed by atoms with van der Waals surface area (Å²) in [4.78, 5) is 26.6. The summed E-state index contributed by atoms with van der Waals surface area (Å²) in [6.45, 7) is 5.30. The number of anilines is 1. The van der Waals surface area contributed by atoms with Crippen molar-refractivity contribution in [3.05, 3.63) is 66.2 Å². The molecule has 0 saturated heterocycles. The molecular formula is C24H28N2O5. The molecule has 1 heterocycles. The van der Waals surface area contributed by atoms with E-state index in [1.54, 1.807) is 41.1 Å². The molecule has 2 amide bonds. The number of imide groups is 1. The number of nitrogens with one attached hydrogen (secondary N) is 1. The minimum atomic E-state index is -0.726. The second-order valence-corrected chi connectivity index (χ2v) is 8.13. The van der Waals surface area contributed by atoms with Crippen LogP contribution in [0.1, 0.15) is 32.4 Å². The molecule has 0 aliphatic carbocycles. The maximum atomic E-state index is 12.9. The van der Waals surface area contributed by atoms with Crippen molar-refractivity contribution < 1.29 is 23.8 Å². The fourth-order valence-electron chi connectivity index (χ4n) is 3.39. The molecule has 2 atom stereocenters. The smallest absolute Gasteiger partial charge is 0.417 e. The van der Waals surface area contributed by atoms with Gasteiger partial charge in [0.05, 0.1) is 32.0 Å². The summed E-state index contributed by atoms with van der Waals surface area (Å²) in [7, 11) is 3.19. The first-order chi connectivity index (χ1) is 14.7. The Morgan fingerprint density at radius 2 is 1.71 bits per heavy atom. The van der Waals surface area contributed by atoms with Crippen LogP contribution in [0.4, 0.5) is 10.5 Å². The van der Waals surface area contributed by atoms with E-state index in [1.165, 1.54) is 6.08 Å². The molecule has 0 spiro atoms. The Bertz CT molecular complexity index is 963. The van der Waals surface area contributed by atoms with Crippen LogP contribution in [0.3, 0.4) is 0 Å². The third kappa shape index (κ3) is 5.17. The van der Waals surface area contributed by atoms with Gasteiger partial charge >= 0.3 is 6.09 Å². The zero-order chi connectivity index (χ0) is 22.6. The maximum absolute atomic E-state index is 12.9. The average molecular weight is 424 g/mol. The first-order valence-electron chi connectivity index (χ1n) is 10.0. The monoisotopic (exact) mass is 424 g/mol. The van der Waals surface area contributed by atoms with Crippen molar-refractivity contribution in [2.24, 2.45) is 0 Å². The maximum Gasteiger partial charge on any atom is 0.417 e. The highest BCUT2D eigenvalue weighted by Gasteiger charge is 2.40. The van der Waals surface area contributed by atoms with E-state index in [1.807, 2.05) is 48.5 Å². The van der Waals surface area contributed by atoms with E-state index in [9.17, 15) is 9.59 Å². The summed E-state index contributed by atoms with van der Waals surface area (Å²) < 4.78 is 16.2. The first kappa shape index (κ1) is 22.2. The Balaban J connectivity index is 2.00. The Morgan fingerprint density at radius 3 is 2.32 bits per heavy atom. The number of methoxy groups -OCH3 is 2. The number of ether oxygens (including phenoxy) is 3. The van der Waals surface area contributed by atoms with Crippen LogP contribution in [0.15, 0.2) is 60.7 Å². The van der Waals surface area contributed by atoms with Crippen molar-refractivity contribution in [3.63, 3.8) is 0 Å².